The van der Waals surface area contributed by atoms with E-state index in [4.69, 9.17) is 5.73 Å². The predicted octanol–water partition coefficient (Wildman–Crippen LogP) is 0.376. The fourth-order valence-electron chi connectivity index (χ4n) is 1.06. The molecule has 1 atom stereocenters. The third-order valence-corrected chi connectivity index (χ3v) is 3.05. The highest BCUT2D eigenvalue weighted by atomic mass is 32.2. The lowest BCUT2D eigenvalue weighted by atomic mass is 10.3. The Morgan fingerprint density at radius 2 is 2.06 bits per heavy atom. The summed E-state index contributed by atoms with van der Waals surface area (Å²) in [6, 6.07) is 5.40. The van der Waals surface area contributed by atoms with E-state index in [2.05, 4.69) is 5.32 Å². The monoisotopic (exact) mass is 242 g/mol. The number of carbonyl (C=O) groups is 1. The number of hydrogen-bond acceptors (Lipinski definition) is 4. The lowest BCUT2D eigenvalue weighted by Gasteiger charge is -2.08. The van der Waals surface area contributed by atoms with Crippen molar-refractivity contribution in [3.63, 3.8) is 0 Å². The Kier molecular flexibility index (Phi) is 3.66. The predicted molar refractivity (Wildman–Crippen MR) is 61.8 cm³/mol. The van der Waals surface area contributed by atoms with E-state index in [-0.39, 0.29) is 10.8 Å². The van der Waals surface area contributed by atoms with Crippen molar-refractivity contribution in [3.8, 4) is 0 Å². The van der Waals surface area contributed by atoms with Gasteiger partial charge in [0.1, 0.15) is 0 Å². The molecule has 0 aliphatic rings. The van der Waals surface area contributed by atoms with Crippen molar-refractivity contribution in [2.75, 3.05) is 11.6 Å². The van der Waals surface area contributed by atoms with Crippen LogP contribution < -0.4 is 11.1 Å². The van der Waals surface area contributed by atoms with E-state index in [1.54, 1.807) is 19.1 Å². The van der Waals surface area contributed by atoms with E-state index in [1.165, 1.54) is 12.1 Å². The molecule has 0 unspecified atom stereocenters. The minimum Gasteiger partial charge on any atom is -0.325 e. The molecule has 0 saturated heterocycles. The van der Waals surface area contributed by atoms with Crippen molar-refractivity contribution < 1.29 is 13.2 Å². The molecule has 1 aromatic carbocycles. The molecule has 0 aromatic heterocycles. The number of nitrogens with one attached hydrogen (secondary N) is 1. The van der Waals surface area contributed by atoms with Crippen LogP contribution >= 0.6 is 0 Å². The van der Waals surface area contributed by atoms with Crippen LogP contribution in [0.4, 0.5) is 5.69 Å². The van der Waals surface area contributed by atoms with Gasteiger partial charge in [0.2, 0.25) is 5.91 Å². The Labute approximate surface area is 94.6 Å². The Bertz CT molecular complexity index is 495. The number of nitrogens with two attached hydrogens (primary N) is 1. The lowest BCUT2D eigenvalue weighted by molar-refractivity contribution is -0.117. The highest BCUT2D eigenvalue weighted by molar-refractivity contribution is 7.90. The SMILES string of the molecule is C[C@H](N)C(=O)Nc1cccc(S(C)(=O)=O)c1. The first-order chi connectivity index (χ1) is 7.30. The average Bonchev–Trinajstić information content (AvgIpc) is 2.16. The van der Waals surface area contributed by atoms with Gasteiger partial charge in [-0.25, -0.2) is 8.42 Å². The highest BCUT2D eigenvalue weighted by Crippen LogP contribution is 2.15. The second-order valence-electron chi connectivity index (χ2n) is 3.58. The molecule has 1 rings (SSSR count). The zero-order valence-corrected chi connectivity index (χ0v) is 9.91. The molecule has 3 N–H and O–H groups in total. The molecule has 1 amide bonds. The summed E-state index contributed by atoms with van der Waals surface area (Å²) in [5.74, 6) is -0.356. The standard InChI is InChI=1S/C10H14N2O3S/c1-7(11)10(13)12-8-4-3-5-9(6-8)16(2,14)15/h3-7H,11H2,1-2H3,(H,12,13)/t7-/m0/s1. The van der Waals surface area contributed by atoms with Crippen molar-refractivity contribution in [3.05, 3.63) is 24.3 Å². The van der Waals surface area contributed by atoms with Gasteiger partial charge in [0, 0.05) is 11.9 Å². The average molecular weight is 242 g/mol. The van der Waals surface area contributed by atoms with Crippen LogP contribution in [0.15, 0.2) is 29.2 Å². The van der Waals surface area contributed by atoms with Crippen LogP contribution in [0.3, 0.4) is 0 Å². The smallest absolute Gasteiger partial charge is 0.240 e. The largest absolute Gasteiger partial charge is 0.325 e. The van der Waals surface area contributed by atoms with Gasteiger partial charge in [0.05, 0.1) is 10.9 Å². The maximum Gasteiger partial charge on any atom is 0.240 e. The summed E-state index contributed by atoms with van der Waals surface area (Å²) in [5, 5.41) is 2.53. The van der Waals surface area contributed by atoms with E-state index < -0.39 is 15.9 Å². The minimum atomic E-state index is -3.26. The van der Waals surface area contributed by atoms with Gasteiger partial charge in [0.25, 0.3) is 0 Å². The maximum atomic E-state index is 11.3. The van der Waals surface area contributed by atoms with E-state index in [9.17, 15) is 13.2 Å². The molecule has 0 radical (unpaired) electrons. The van der Waals surface area contributed by atoms with Crippen molar-refractivity contribution in [1.29, 1.82) is 0 Å². The van der Waals surface area contributed by atoms with Crippen molar-refractivity contribution in [2.45, 2.75) is 17.9 Å². The molecule has 0 aliphatic carbocycles. The first kappa shape index (κ1) is 12.7. The maximum absolute atomic E-state index is 11.3. The van der Waals surface area contributed by atoms with Crippen LogP contribution in [-0.2, 0) is 14.6 Å². The Hall–Kier alpha value is -1.40. The molecule has 0 aliphatic heterocycles. The highest BCUT2D eigenvalue weighted by Gasteiger charge is 2.10. The van der Waals surface area contributed by atoms with Gasteiger partial charge in [-0.3, -0.25) is 4.79 Å². The normalized spacial score (nSPS) is 13.2. The quantitative estimate of drug-likeness (QED) is 0.801. The van der Waals surface area contributed by atoms with Crippen molar-refractivity contribution in [2.24, 2.45) is 5.73 Å². The van der Waals surface area contributed by atoms with Gasteiger partial charge >= 0.3 is 0 Å². The number of hydrogen-bond donors (Lipinski definition) is 2. The van der Waals surface area contributed by atoms with Crippen LogP contribution in [0.1, 0.15) is 6.92 Å². The first-order valence-corrected chi connectivity index (χ1v) is 6.56. The third kappa shape index (κ3) is 3.32. The summed E-state index contributed by atoms with van der Waals surface area (Å²) in [7, 11) is -3.26. The van der Waals surface area contributed by atoms with Crippen LogP contribution in [0.5, 0.6) is 0 Å². The molecular formula is C10H14N2O3S. The molecular weight excluding hydrogens is 228 g/mol. The minimum absolute atomic E-state index is 0.162. The number of sulfone groups is 1. The fourth-order valence-corrected chi connectivity index (χ4v) is 1.73. The molecule has 0 heterocycles. The lowest BCUT2D eigenvalue weighted by Crippen LogP contribution is -2.32. The topological polar surface area (TPSA) is 89.3 Å². The summed E-state index contributed by atoms with van der Waals surface area (Å²) in [6.45, 7) is 1.55. The summed E-state index contributed by atoms with van der Waals surface area (Å²) < 4.78 is 22.5. The summed E-state index contributed by atoms with van der Waals surface area (Å²) in [6.07, 6.45) is 1.11. The zero-order valence-electron chi connectivity index (χ0n) is 9.10. The molecule has 0 bridgehead atoms. The number of carbonyl (C=O) groups excluding carboxylic acids is 1. The summed E-state index contributed by atoms with van der Waals surface area (Å²) in [5.41, 5.74) is 5.80. The van der Waals surface area contributed by atoms with Gasteiger partial charge in [0.15, 0.2) is 9.84 Å². The molecule has 0 fully saturated rings. The number of rotatable bonds is 3. The number of benzene rings is 1. The number of anilines is 1. The van der Waals surface area contributed by atoms with Gasteiger partial charge < -0.3 is 11.1 Å². The van der Waals surface area contributed by atoms with Gasteiger partial charge in [-0.2, -0.15) is 0 Å². The summed E-state index contributed by atoms with van der Waals surface area (Å²) in [4.78, 5) is 11.4. The molecule has 88 valence electrons. The molecule has 0 spiro atoms. The van der Waals surface area contributed by atoms with Crippen molar-refractivity contribution in [1.82, 2.24) is 0 Å². The van der Waals surface area contributed by atoms with Gasteiger partial charge in [-0.05, 0) is 25.1 Å². The number of amides is 1. The molecule has 16 heavy (non-hydrogen) atoms. The van der Waals surface area contributed by atoms with Crippen LogP contribution in [-0.4, -0.2) is 26.6 Å². The summed E-state index contributed by atoms with van der Waals surface area (Å²) >= 11 is 0. The van der Waals surface area contributed by atoms with E-state index in [1.807, 2.05) is 0 Å². The van der Waals surface area contributed by atoms with Gasteiger partial charge in [-0.15, -0.1) is 0 Å². The molecule has 5 nitrogen and oxygen atoms in total. The Balaban J connectivity index is 2.96. The van der Waals surface area contributed by atoms with Gasteiger partial charge in [-0.1, -0.05) is 6.07 Å². The van der Waals surface area contributed by atoms with Crippen LogP contribution in [0.25, 0.3) is 0 Å². The first-order valence-electron chi connectivity index (χ1n) is 4.67. The van der Waals surface area contributed by atoms with E-state index >= 15 is 0 Å². The Morgan fingerprint density at radius 1 is 1.44 bits per heavy atom. The molecule has 6 heteroatoms. The molecule has 1 aromatic rings. The van der Waals surface area contributed by atoms with E-state index in [0.29, 0.717) is 5.69 Å². The van der Waals surface area contributed by atoms with Crippen LogP contribution in [0, 0.1) is 0 Å². The Morgan fingerprint density at radius 3 is 2.56 bits per heavy atom. The zero-order chi connectivity index (χ0) is 12.3. The molecule has 0 saturated carbocycles. The second-order valence-corrected chi connectivity index (χ2v) is 5.59. The van der Waals surface area contributed by atoms with Crippen molar-refractivity contribution >= 4 is 21.4 Å². The second kappa shape index (κ2) is 4.63. The fraction of sp³-hybridized carbons (Fsp3) is 0.300. The van der Waals surface area contributed by atoms with E-state index in [0.717, 1.165) is 6.26 Å². The third-order valence-electron chi connectivity index (χ3n) is 1.94. The van der Waals surface area contributed by atoms with Crippen LogP contribution in [0.2, 0.25) is 0 Å².